The van der Waals surface area contributed by atoms with Crippen molar-refractivity contribution in [3.63, 3.8) is 0 Å². The zero-order valence-electron chi connectivity index (χ0n) is 13.4. The van der Waals surface area contributed by atoms with Gasteiger partial charge in [-0.15, -0.1) is 6.58 Å². The van der Waals surface area contributed by atoms with E-state index in [1.54, 1.807) is 0 Å². The highest BCUT2D eigenvalue weighted by molar-refractivity contribution is 6.71. The van der Waals surface area contributed by atoms with Gasteiger partial charge in [0.2, 0.25) is 0 Å². The van der Waals surface area contributed by atoms with Crippen LogP contribution in [-0.4, -0.2) is 22.4 Å². The first-order chi connectivity index (χ1) is 7.97. The smallest absolute Gasteiger partial charge is 0.187 e. The number of hydrogen-bond donors (Lipinski definition) is 0. The predicted molar refractivity (Wildman–Crippen MR) is 85.9 cm³/mol. The molecule has 0 saturated carbocycles. The molecule has 0 bridgehead atoms. The molecule has 0 heterocycles. The fourth-order valence-electron chi connectivity index (χ4n) is 2.15. The molecule has 0 N–H and O–H groups in total. The highest BCUT2D eigenvalue weighted by Gasteiger charge is 2.36. The van der Waals surface area contributed by atoms with Crippen LogP contribution in [0.25, 0.3) is 0 Å². The van der Waals surface area contributed by atoms with Crippen LogP contribution >= 0.6 is 0 Å². The maximum atomic E-state index is 6.31. The van der Waals surface area contributed by atoms with Gasteiger partial charge < -0.3 is 8.85 Å². The van der Waals surface area contributed by atoms with Crippen molar-refractivity contribution < 1.29 is 8.85 Å². The van der Waals surface area contributed by atoms with Crippen molar-refractivity contribution in [3.8, 4) is 0 Å². The largest absolute Gasteiger partial charge is 0.392 e. The highest BCUT2D eigenvalue weighted by atomic mass is 28.4. The minimum Gasteiger partial charge on any atom is -0.392 e. The van der Waals surface area contributed by atoms with Gasteiger partial charge in [0.1, 0.15) is 5.79 Å². The molecule has 0 aliphatic rings. The quantitative estimate of drug-likeness (QED) is 0.253. The van der Waals surface area contributed by atoms with E-state index in [-0.39, 0.29) is 0 Å². The standard InChI is InChI=1S/C14H32O2Si2/c1-9-10-11-12-13-14(2,15-17(3,4)5)16-18(6,7)8/h9H,1,10-13H2,2-8H3. The average molecular weight is 289 g/mol. The van der Waals surface area contributed by atoms with Crippen molar-refractivity contribution in [3.05, 3.63) is 12.7 Å². The van der Waals surface area contributed by atoms with E-state index in [0.29, 0.717) is 0 Å². The van der Waals surface area contributed by atoms with Gasteiger partial charge in [-0.1, -0.05) is 6.08 Å². The zero-order valence-corrected chi connectivity index (χ0v) is 15.4. The van der Waals surface area contributed by atoms with E-state index in [9.17, 15) is 0 Å². The maximum absolute atomic E-state index is 6.31. The highest BCUT2D eigenvalue weighted by Crippen LogP contribution is 2.29. The summed E-state index contributed by atoms with van der Waals surface area (Å²) in [6.07, 6.45) is 6.35. The third-order valence-electron chi connectivity index (χ3n) is 2.33. The SMILES string of the molecule is C=CCCCCC(C)(O[Si](C)(C)C)O[Si](C)(C)C. The summed E-state index contributed by atoms with van der Waals surface area (Å²) in [7, 11) is -3.17. The van der Waals surface area contributed by atoms with Gasteiger partial charge in [0.25, 0.3) is 0 Å². The molecule has 0 saturated heterocycles. The Morgan fingerprint density at radius 3 is 1.72 bits per heavy atom. The van der Waals surface area contributed by atoms with Crippen LogP contribution in [0.1, 0.15) is 32.6 Å². The number of rotatable bonds is 9. The molecular weight excluding hydrogens is 256 g/mol. The van der Waals surface area contributed by atoms with Gasteiger partial charge in [0.15, 0.2) is 16.6 Å². The van der Waals surface area contributed by atoms with Crippen molar-refractivity contribution in [2.75, 3.05) is 0 Å². The Kier molecular flexibility index (Phi) is 7.07. The molecule has 0 aliphatic carbocycles. The molecule has 0 atom stereocenters. The Morgan fingerprint density at radius 2 is 1.39 bits per heavy atom. The summed E-state index contributed by atoms with van der Waals surface area (Å²) in [5, 5.41) is 0. The van der Waals surface area contributed by atoms with Crippen molar-refractivity contribution in [1.29, 1.82) is 0 Å². The van der Waals surface area contributed by atoms with Crippen LogP contribution in [0.5, 0.6) is 0 Å². The van der Waals surface area contributed by atoms with Crippen LogP contribution in [0, 0.1) is 0 Å². The van der Waals surface area contributed by atoms with E-state index >= 15 is 0 Å². The molecule has 0 fully saturated rings. The van der Waals surface area contributed by atoms with Gasteiger partial charge in [-0.2, -0.15) is 0 Å². The minimum absolute atomic E-state index is 0.393. The van der Waals surface area contributed by atoms with Crippen molar-refractivity contribution in [2.24, 2.45) is 0 Å². The van der Waals surface area contributed by atoms with Gasteiger partial charge in [-0.05, 0) is 71.9 Å². The maximum Gasteiger partial charge on any atom is 0.187 e. The first-order valence-electron chi connectivity index (χ1n) is 6.99. The second-order valence-electron chi connectivity index (χ2n) is 7.10. The van der Waals surface area contributed by atoms with Crippen LogP contribution < -0.4 is 0 Å². The summed E-state index contributed by atoms with van der Waals surface area (Å²) in [6, 6.07) is 0. The number of hydrogen-bond acceptors (Lipinski definition) is 2. The Labute approximate surface area is 116 Å². The summed E-state index contributed by atoms with van der Waals surface area (Å²) in [6.45, 7) is 19.2. The summed E-state index contributed by atoms with van der Waals surface area (Å²) in [4.78, 5) is 0. The fraction of sp³-hybridized carbons (Fsp3) is 0.857. The van der Waals surface area contributed by atoms with Crippen LogP contribution in [0.4, 0.5) is 0 Å². The molecule has 4 heteroatoms. The van der Waals surface area contributed by atoms with Gasteiger partial charge >= 0.3 is 0 Å². The summed E-state index contributed by atoms with van der Waals surface area (Å²) in [5.41, 5.74) is 0. The first kappa shape index (κ1) is 18.1. The summed E-state index contributed by atoms with van der Waals surface area (Å²) in [5.74, 6) is -0.393. The van der Waals surface area contributed by atoms with Crippen LogP contribution in [-0.2, 0) is 8.85 Å². The molecule has 0 unspecified atom stereocenters. The molecule has 0 aromatic rings. The van der Waals surface area contributed by atoms with E-state index in [4.69, 9.17) is 8.85 Å². The lowest BCUT2D eigenvalue weighted by Crippen LogP contribution is -2.48. The Hall–Kier alpha value is 0.0938. The molecule has 0 radical (unpaired) electrons. The predicted octanol–water partition coefficient (Wildman–Crippen LogP) is 5.15. The van der Waals surface area contributed by atoms with Gasteiger partial charge in [0.05, 0.1) is 0 Å². The zero-order chi connectivity index (χ0) is 14.4. The van der Waals surface area contributed by atoms with E-state index in [0.717, 1.165) is 19.3 Å². The van der Waals surface area contributed by atoms with Gasteiger partial charge in [-0.3, -0.25) is 0 Å². The van der Waals surface area contributed by atoms with Crippen LogP contribution in [0.3, 0.4) is 0 Å². The summed E-state index contributed by atoms with van der Waals surface area (Å²) >= 11 is 0. The lowest BCUT2D eigenvalue weighted by atomic mass is 10.1. The molecule has 0 amide bonds. The fourth-order valence-corrected chi connectivity index (χ4v) is 5.11. The topological polar surface area (TPSA) is 18.5 Å². The molecule has 0 spiro atoms. The monoisotopic (exact) mass is 288 g/mol. The lowest BCUT2D eigenvalue weighted by molar-refractivity contribution is -0.118. The molecular formula is C14H32O2Si2. The third kappa shape index (κ3) is 10.1. The summed E-state index contributed by atoms with van der Waals surface area (Å²) < 4.78 is 12.6. The Morgan fingerprint density at radius 1 is 0.944 bits per heavy atom. The molecule has 2 nitrogen and oxygen atoms in total. The van der Waals surface area contributed by atoms with Crippen LogP contribution in [0.15, 0.2) is 12.7 Å². The van der Waals surface area contributed by atoms with E-state index in [1.807, 2.05) is 6.08 Å². The molecule has 108 valence electrons. The minimum atomic E-state index is -1.58. The Bertz CT molecular complexity index is 236. The first-order valence-corrected chi connectivity index (χ1v) is 13.8. The molecule has 0 aromatic heterocycles. The Balaban J connectivity index is 4.54. The van der Waals surface area contributed by atoms with Gasteiger partial charge in [-0.25, -0.2) is 0 Å². The molecule has 0 aromatic carbocycles. The second-order valence-corrected chi connectivity index (χ2v) is 16.0. The normalized spacial score (nSPS) is 13.7. The van der Waals surface area contributed by atoms with E-state index in [2.05, 4.69) is 52.8 Å². The van der Waals surface area contributed by atoms with Crippen molar-refractivity contribution >= 4 is 16.6 Å². The molecule has 18 heavy (non-hydrogen) atoms. The molecule has 0 aliphatic heterocycles. The number of unbranched alkanes of at least 4 members (excludes halogenated alkanes) is 2. The van der Waals surface area contributed by atoms with Gasteiger partial charge in [0, 0.05) is 0 Å². The lowest BCUT2D eigenvalue weighted by Gasteiger charge is -2.40. The third-order valence-corrected chi connectivity index (χ3v) is 4.42. The molecule has 0 rings (SSSR count). The van der Waals surface area contributed by atoms with E-state index < -0.39 is 22.4 Å². The van der Waals surface area contributed by atoms with E-state index in [1.165, 1.54) is 6.42 Å². The van der Waals surface area contributed by atoms with Crippen LogP contribution in [0.2, 0.25) is 39.3 Å². The van der Waals surface area contributed by atoms with Crippen molar-refractivity contribution in [1.82, 2.24) is 0 Å². The second kappa shape index (κ2) is 7.03. The average Bonchev–Trinajstić information content (AvgIpc) is 2.05. The van der Waals surface area contributed by atoms with Crippen molar-refractivity contribution in [2.45, 2.75) is 77.7 Å². The number of allylic oxidation sites excluding steroid dienone is 1.